The fourth-order valence-electron chi connectivity index (χ4n) is 3.90. The van der Waals surface area contributed by atoms with Crippen molar-refractivity contribution in [2.45, 2.75) is 6.92 Å². The molecule has 2 N–H and O–H groups in total. The smallest absolute Gasteiger partial charge is 0.328 e. The van der Waals surface area contributed by atoms with Gasteiger partial charge >= 0.3 is 10.2 Å². The van der Waals surface area contributed by atoms with E-state index in [2.05, 4.69) is 24.7 Å². The number of aromatic nitrogens is 4. The summed E-state index contributed by atoms with van der Waals surface area (Å²) in [7, 11) is -3.82. The van der Waals surface area contributed by atoms with Crippen LogP contribution in [0.1, 0.15) is 5.69 Å². The van der Waals surface area contributed by atoms with Gasteiger partial charge in [-0.15, -0.1) is 0 Å². The van der Waals surface area contributed by atoms with E-state index in [0.717, 1.165) is 33.2 Å². The Hall–Kier alpha value is -3.98. The van der Waals surface area contributed by atoms with Crippen molar-refractivity contribution in [1.82, 2.24) is 19.9 Å². The summed E-state index contributed by atoms with van der Waals surface area (Å²) in [5.41, 5.74) is 5.61. The molecule has 152 valence electrons. The number of pyridine rings is 3. The highest BCUT2D eigenvalue weighted by molar-refractivity contribution is 7.95. The zero-order valence-corrected chi connectivity index (χ0v) is 17.2. The number of anilines is 3. The molecule has 0 radical (unpaired) electrons. The van der Waals surface area contributed by atoms with Crippen LogP contribution in [0.25, 0.3) is 33.1 Å². The summed E-state index contributed by atoms with van der Waals surface area (Å²) in [6.45, 7) is 1.86. The molecule has 6 rings (SSSR count). The predicted octanol–water partition coefficient (Wildman–Crippen LogP) is 4.29. The third-order valence-corrected chi connectivity index (χ3v) is 6.74. The predicted molar refractivity (Wildman–Crippen MR) is 120 cm³/mol. The summed E-state index contributed by atoms with van der Waals surface area (Å²) in [5.74, 6) is 0. The Kier molecular flexibility index (Phi) is 3.60. The van der Waals surface area contributed by atoms with E-state index in [1.807, 2.05) is 43.5 Å². The van der Waals surface area contributed by atoms with Gasteiger partial charge in [-0.1, -0.05) is 6.07 Å². The summed E-state index contributed by atoms with van der Waals surface area (Å²) in [6, 6.07) is 13.4. The second kappa shape index (κ2) is 6.26. The molecule has 0 spiro atoms. The first-order valence-corrected chi connectivity index (χ1v) is 11.1. The molecular weight excluding hydrogens is 412 g/mol. The molecule has 0 bridgehead atoms. The molecule has 9 heteroatoms. The standard InChI is InChI=1S/C22H16N6O2S/c1-13-2-4-17(11-24-13)28-21-18-9-14(16-8-15-6-7-23-22(15)26-10-16)3-5-19(18)25-12-20(21)27-31(28,29)30/h2-12,27H,1H3,(H,23,26). The second-order valence-electron chi connectivity index (χ2n) is 7.42. The molecule has 5 heterocycles. The highest BCUT2D eigenvalue weighted by Gasteiger charge is 2.36. The molecular formula is C22H16N6O2S. The number of nitrogens with one attached hydrogen (secondary N) is 2. The maximum absolute atomic E-state index is 13.0. The first-order valence-electron chi connectivity index (χ1n) is 9.62. The van der Waals surface area contributed by atoms with Gasteiger partial charge in [0.15, 0.2) is 0 Å². The lowest BCUT2D eigenvalue weighted by atomic mass is 10.0. The normalized spacial score (nSPS) is 14.7. The molecule has 4 aromatic heterocycles. The first-order chi connectivity index (χ1) is 15.0. The first kappa shape index (κ1) is 17.8. The van der Waals surface area contributed by atoms with Crippen molar-refractivity contribution >= 4 is 49.2 Å². The number of nitrogens with zero attached hydrogens (tertiary/aromatic N) is 4. The van der Waals surface area contributed by atoms with E-state index >= 15 is 0 Å². The molecule has 5 aromatic rings. The number of H-pyrrole nitrogens is 1. The molecule has 1 aromatic carbocycles. The van der Waals surface area contributed by atoms with E-state index in [-0.39, 0.29) is 0 Å². The average Bonchev–Trinajstić information content (AvgIpc) is 3.34. The van der Waals surface area contributed by atoms with Crippen LogP contribution in [0.15, 0.2) is 67.3 Å². The number of aromatic amines is 1. The van der Waals surface area contributed by atoms with Crippen LogP contribution in [0.3, 0.4) is 0 Å². The Morgan fingerprint density at radius 2 is 1.81 bits per heavy atom. The average molecular weight is 428 g/mol. The van der Waals surface area contributed by atoms with Crippen LogP contribution in [0.5, 0.6) is 0 Å². The second-order valence-corrected chi connectivity index (χ2v) is 8.94. The van der Waals surface area contributed by atoms with E-state index in [1.165, 1.54) is 4.31 Å². The lowest BCUT2D eigenvalue weighted by Crippen LogP contribution is -2.25. The van der Waals surface area contributed by atoms with Crippen molar-refractivity contribution < 1.29 is 8.42 Å². The SMILES string of the molecule is Cc1ccc(N2c3c(cnc4ccc(-c5cnc6[nH]ccc6c5)cc34)NS2(=O)=O)cn1. The van der Waals surface area contributed by atoms with Gasteiger partial charge in [0, 0.05) is 34.4 Å². The summed E-state index contributed by atoms with van der Waals surface area (Å²) in [4.78, 5) is 16.3. The molecule has 1 aliphatic rings. The number of rotatable bonds is 2. The number of benzene rings is 1. The summed E-state index contributed by atoms with van der Waals surface area (Å²) >= 11 is 0. The van der Waals surface area contributed by atoms with Gasteiger partial charge in [-0.3, -0.25) is 14.7 Å². The Morgan fingerprint density at radius 1 is 0.903 bits per heavy atom. The van der Waals surface area contributed by atoms with E-state index in [0.29, 0.717) is 22.6 Å². The largest absolute Gasteiger partial charge is 0.346 e. The van der Waals surface area contributed by atoms with Gasteiger partial charge in [0.05, 0.1) is 35.0 Å². The van der Waals surface area contributed by atoms with E-state index in [1.54, 1.807) is 30.7 Å². The van der Waals surface area contributed by atoms with Crippen LogP contribution >= 0.6 is 0 Å². The van der Waals surface area contributed by atoms with Crippen molar-refractivity contribution in [3.05, 3.63) is 72.9 Å². The molecule has 0 saturated heterocycles. The van der Waals surface area contributed by atoms with Crippen LogP contribution < -0.4 is 9.03 Å². The van der Waals surface area contributed by atoms with Crippen LogP contribution in [0, 0.1) is 6.92 Å². The molecule has 8 nitrogen and oxygen atoms in total. The Labute approximate surface area is 177 Å². The molecule has 0 amide bonds. The van der Waals surface area contributed by atoms with Crippen LogP contribution in [0.4, 0.5) is 17.1 Å². The van der Waals surface area contributed by atoms with Gasteiger partial charge < -0.3 is 4.98 Å². The van der Waals surface area contributed by atoms with Crippen molar-refractivity contribution in [3.8, 4) is 11.1 Å². The molecule has 0 unspecified atom stereocenters. The summed E-state index contributed by atoms with van der Waals surface area (Å²) in [6.07, 6.45) is 6.75. The van der Waals surface area contributed by atoms with E-state index in [4.69, 9.17) is 0 Å². The molecule has 0 aliphatic carbocycles. The van der Waals surface area contributed by atoms with Gasteiger partial charge in [-0.05, 0) is 48.9 Å². The molecule has 0 saturated carbocycles. The lowest BCUT2D eigenvalue weighted by Gasteiger charge is -2.18. The van der Waals surface area contributed by atoms with Crippen molar-refractivity contribution in [3.63, 3.8) is 0 Å². The Morgan fingerprint density at radius 3 is 2.65 bits per heavy atom. The number of hydrogen-bond donors (Lipinski definition) is 2. The monoisotopic (exact) mass is 428 g/mol. The van der Waals surface area contributed by atoms with Gasteiger partial charge in [-0.2, -0.15) is 8.42 Å². The van der Waals surface area contributed by atoms with Gasteiger partial charge in [0.1, 0.15) is 5.65 Å². The maximum Gasteiger partial charge on any atom is 0.328 e. The minimum atomic E-state index is -3.82. The van der Waals surface area contributed by atoms with E-state index in [9.17, 15) is 8.42 Å². The quantitative estimate of drug-likeness (QED) is 0.436. The van der Waals surface area contributed by atoms with E-state index < -0.39 is 10.2 Å². The zero-order chi connectivity index (χ0) is 21.2. The summed E-state index contributed by atoms with van der Waals surface area (Å²) < 4.78 is 29.8. The number of hydrogen-bond acceptors (Lipinski definition) is 5. The van der Waals surface area contributed by atoms with Crippen molar-refractivity contribution in [2.75, 3.05) is 9.03 Å². The van der Waals surface area contributed by atoms with Gasteiger partial charge in [-0.25, -0.2) is 9.29 Å². The van der Waals surface area contributed by atoms with Crippen molar-refractivity contribution in [1.29, 1.82) is 0 Å². The summed E-state index contributed by atoms with van der Waals surface area (Å²) in [5, 5.41) is 1.73. The fraction of sp³-hybridized carbons (Fsp3) is 0.0455. The number of aryl methyl sites for hydroxylation is 1. The molecule has 0 fully saturated rings. The van der Waals surface area contributed by atoms with Gasteiger partial charge in [0.2, 0.25) is 0 Å². The Balaban J connectivity index is 1.59. The van der Waals surface area contributed by atoms with Crippen LogP contribution in [-0.4, -0.2) is 28.4 Å². The minimum Gasteiger partial charge on any atom is -0.346 e. The lowest BCUT2D eigenvalue weighted by molar-refractivity contribution is 0.603. The number of fused-ring (bicyclic) bond motifs is 4. The topological polar surface area (TPSA) is 104 Å². The highest BCUT2D eigenvalue weighted by atomic mass is 32.2. The molecule has 0 atom stereocenters. The van der Waals surface area contributed by atoms with Crippen LogP contribution in [0.2, 0.25) is 0 Å². The highest BCUT2D eigenvalue weighted by Crippen LogP contribution is 2.45. The van der Waals surface area contributed by atoms with Crippen molar-refractivity contribution in [2.24, 2.45) is 0 Å². The minimum absolute atomic E-state index is 0.435. The third-order valence-electron chi connectivity index (χ3n) is 5.39. The van der Waals surface area contributed by atoms with Crippen LogP contribution in [-0.2, 0) is 10.2 Å². The third kappa shape index (κ3) is 2.74. The zero-order valence-electron chi connectivity index (χ0n) is 16.4. The molecule has 31 heavy (non-hydrogen) atoms. The molecule has 1 aliphatic heterocycles. The Bertz CT molecular complexity index is 1590. The fourth-order valence-corrected chi connectivity index (χ4v) is 5.24. The van der Waals surface area contributed by atoms with Gasteiger partial charge in [0.25, 0.3) is 0 Å². The maximum atomic E-state index is 13.0.